The van der Waals surface area contributed by atoms with Crippen LogP contribution in [0.1, 0.15) is 32.6 Å². The van der Waals surface area contributed by atoms with Crippen LogP contribution in [0.15, 0.2) is 0 Å². The number of urea groups is 1. The van der Waals surface area contributed by atoms with E-state index in [1.165, 1.54) is 0 Å². The van der Waals surface area contributed by atoms with Crippen LogP contribution in [0.2, 0.25) is 0 Å². The van der Waals surface area contributed by atoms with Crippen LogP contribution in [0.4, 0.5) is 4.79 Å². The Morgan fingerprint density at radius 3 is 2.42 bits per heavy atom. The number of nitrogens with one attached hydrogen (secondary N) is 2. The molecule has 19 heavy (non-hydrogen) atoms. The third-order valence-electron chi connectivity index (χ3n) is 3.29. The fourth-order valence-electron chi connectivity index (χ4n) is 1.83. The second kappa shape index (κ2) is 6.96. The summed E-state index contributed by atoms with van der Waals surface area (Å²) in [5.41, 5.74) is 0. The van der Waals surface area contributed by atoms with Crippen LogP contribution in [-0.4, -0.2) is 40.8 Å². The van der Waals surface area contributed by atoms with Crippen LogP contribution in [0.3, 0.4) is 0 Å². The van der Waals surface area contributed by atoms with Crippen LogP contribution < -0.4 is 10.6 Å². The van der Waals surface area contributed by atoms with Crippen molar-refractivity contribution < 1.29 is 24.6 Å². The van der Waals surface area contributed by atoms with Crippen molar-refractivity contribution in [2.45, 2.75) is 38.6 Å². The number of carboxylic acid groups (broad SMARTS) is 2. The summed E-state index contributed by atoms with van der Waals surface area (Å²) in [4.78, 5) is 32.8. The first-order valence-electron chi connectivity index (χ1n) is 6.39. The van der Waals surface area contributed by atoms with Crippen molar-refractivity contribution in [3.63, 3.8) is 0 Å². The minimum atomic E-state index is -1.15. The van der Waals surface area contributed by atoms with Crippen molar-refractivity contribution in [2.75, 3.05) is 6.54 Å². The number of rotatable bonds is 8. The molecule has 108 valence electrons. The lowest BCUT2D eigenvalue weighted by Gasteiger charge is -2.14. The summed E-state index contributed by atoms with van der Waals surface area (Å²) < 4.78 is 0. The van der Waals surface area contributed by atoms with Crippen molar-refractivity contribution in [1.29, 1.82) is 0 Å². The highest BCUT2D eigenvalue weighted by Gasteiger charge is 2.32. The highest BCUT2D eigenvalue weighted by atomic mass is 16.4. The first kappa shape index (κ1) is 15.3. The molecule has 1 fully saturated rings. The van der Waals surface area contributed by atoms with E-state index in [0.29, 0.717) is 18.4 Å². The fraction of sp³-hybridized carbons (Fsp3) is 0.750. The van der Waals surface area contributed by atoms with Gasteiger partial charge in [-0.1, -0.05) is 6.92 Å². The molecule has 2 unspecified atom stereocenters. The van der Waals surface area contributed by atoms with Gasteiger partial charge in [0.1, 0.15) is 6.04 Å². The first-order valence-corrected chi connectivity index (χ1v) is 6.39. The molecule has 2 amide bonds. The Balaban J connectivity index is 2.24. The van der Waals surface area contributed by atoms with Crippen molar-refractivity contribution in [2.24, 2.45) is 11.8 Å². The molecule has 1 aliphatic rings. The average Bonchev–Trinajstić information content (AvgIpc) is 3.01. The zero-order valence-corrected chi connectivity index (χ0v) is 10.9. The van der Waals surface area contributed by atoms with Gasteiger partial charge in [-0.25, -0.2) is 9.59 Å². The minimum absolute atomic E-state index is 0.104. The van der Waals surface area contributed by atoms with Crippen LogP contribution in [0, 0.1) is 11.8 Å². The molecule has 3 atom stereocenters. The Morgan fingerprint density at radius 2 is 1.95 bits per heavy atom. The smallest absolute Gasteiger partial charge is 0.326 e. The SMILES string of the molecule is CC1CC1CNC(=O)N[C@H](CCCC(=O)O)C(=O)O. The lowest BCUT2D eigenvalue weighted by molar-refractivity contribution is -0.140. The molecular weight excluding hydrogens is 252 g/mol. The van der Waals surface area contributed by atoms with Crippen molar-refractivity contribution >= 4 is 18.0 Å². The Kier molecular flexibility index (Phi) is 5.59. The van der Waals surface area contributed by atoms with E-state index in [-0.39, 0.29) is 19.3 Å². The van der Waals surface area contributed by atoms with E-state index in [1.807, 2.05) is 0 Å². The maximum absolute atomic E-state index is 11.5. The third-order valence-corrected chi connectivity index (χ3v) is 3.29. The van der Waals surface area contributed by atoms with Crippen molar-refractivity contribution in [1.82, 2.24) is 10.6 Å². The summed E-state index contributed by atoms with van der Waals surface area (Å²) in [5, 5.41) is 22.4. The minimum Gasteiger partial charge on any atom is -0.481 e. The Hall–Kier alpha value is -1.79. The molecule has 0 aromatic heterocycles. The molecule has 0 aromatic rings. The summed E-state index contributed by atoms with van der Waals surface area (Å²) in [6.45, 7) is 2.64. The molecule has 0 radical (unpaired) electrons. The monoisotopic (exact) mass is 272 g/mol. The van der Waals surface area contributed by atoms with Gasteiger partial charge in [0.05, 0.1) is 0 Å². The van der Waals surface area contributed by atoms with E-state index in [4.69, 9.17) is 10.2 Å². The van der Waals surface area contributed by atoms with E-state index < -0.39 is 24.0 Å². The van der Waals surface area contributed by atoms with E-state index in [2.05, 4.69) is 17.6 Å². The predicted octanol–water partition coefficient (Wildman–Crippen LogP) is 0.650. The molecule has 0 bridgehead atoms. The number of carbonyl (C=O) groups excluding carboxylic acids is 1. The van der Waals surface area contributed by atoms with Crippen LogP contribution in [0.25, 0.3) is 0 Å². The van der Waals surface area contributed by atoms with Gasteiger partial charge in [-0.05, 0) is 31.1 Å². The zero-order chi connectivity index (χ0) is 14.4. The lowest BCUT2D eigenvalue weighted by atomic mass is 10.1. The quantitative estimate of drug-likeness (QED) is 0.517. The number of hydrogen-bond donors (Lipinski definition) is 4. The summed E-state index contributed by atoms with van der Waals surface area (Å²) in [5.74, 6) is -1.02. The highest BCUT2D eigenvalue weighted by Crippen LogP contribution is 2.36. The average molecular weight is 272 g/mol. The number of aliphatic carboxylic acids is 2. The molecule has 7 heteroatoms. The molecule has 1 saturated carbocycles. The summed E-state index contributed by atoms with van der Waals surface area (Å²) in [6.07, 6.45) is 1.30. The lowest BCUT2D eigenvalue weighted by Crippen LogP contribution is -2.46. The molecule has 1 rings (SSSR count). The number of amides is 2. The van der Waals surface area contributed by atoms with E-state index in [9.17, 15) is 14.4 Å². The molecule has 7 nitrogen and oxygen atoms in total. The van der Waals surface area contributed by atoms with Crippen LogP contribution in [0.5, 0.6) is 0 Å². The molecule has 0 aromatic carbocycles. The van der Waals surface area contributed by atoms with E-state index >= 15 is 0 Å². The largest absolute Gasteiger partial charge is 0.481 e. The van der Waals surface area contributed by atoms with Gasteiger partial charge in [-0.2, -0.15) is 0 Å². The maximum atomic E-state index is 11.5. The van der Waals surface area contributed by atoms with Gasteiger partial charge in [0.15, 0.2) is 0 Å². The summed E-state index contributed by atoms with van der Waals surface area (Å²) >= 11 is 0. The third kappa shape index (κ3) is 6.08. The van der Waals surface area contributed by atoms with Gasteiger partial charge in [0.2, 0.25) is 0 Å². The van der Waals surface area contributed by atoms with Gasteiger partial charge in [-0.3, -0.25) is 4.79 Å². The predicted molar refractivity (Wildman–Crippen MR) is 66.7 cm³/mol. The second-order valence-corrected chi connectivity index (χ2v) is 5.00. The normalized spacial score (nSPS) is 22.4. The topological polar surface area (TPSA) is 116 Å². The number of hydrogen-bond acceptors (Lipinski definition) is 3. The fourth-order valence-corrected chi connectivity index (χ4v) is 1.83. The molecular formula is C12H20N2O5. The summed E-state index contributed by atoms with van der Waals surface area (Å²) in [7, 11) is 0. The van der Waals surface area contributed by atoms with Gasteiger partial charge in [0, 0.05) is 13.0 Å². The number of carbonyl (C=O) groups is 3. The molecule has 0 heterocycles. The van der Waals surface area contributed by atoms with E-state index in [1.54, 1.807) is 0 Å². The molecule has 1 aliphatic carbocycles. The van der Waals surface area contributed by atoms with E-state index in [0.717, 1.165) is 6.42 Å². The van der Waals surface area contributed by atoms with Crippen LogP contribution >= 0.6 is 0 Å². The Bertz CT molecular complexity index is 358. The van der Waals surface area contributed by atoms with Gasteiger partial charge in [-0.15, -0.1) is 0 Å². The molecule has 0 spiro atoms. The molecule has 0 saturated heterocycles. The highest BCUT2D eigenvalue weighted by molar-refractivity contribution is 5.82. The Labute approximate surface area is 111 Å². The number of carboxylic acids is 2. The summed E-state index contributed by atoms with van der Waals surface area (Å²) in [6, 6.07) is -1.56. The van der Waals surface area contributed by atoms with Gasteiger partial charge >= 0.3 is 18.0 Å². The van der Waals surface area contributed by atoms with Crippen LogP contribution in [-0.2, 0) is 9.59 Å². The molecule has 0 aliphatic heterocycles. The van der Waals surface area contributed by atoms with Gasteiger partial charge < -0.3 is 20.8 Å². The molecule has 4 N–H and O–H groups in total. The van der Waals surface area contributed by atoms with Crippen molar-refractivity contribution in [3.05, 3.63) is 0 Å². The Morgan fingerprint density at radius 1 is 1.32 bits per heavy atom. The second-order valence-electron chi connectivity index (χ2n) is 5.00. The van der Waals surface area contributed by atoms with Gasteiger partial charge in [0.25, 0.3) is 0 Å². The first-order chi connectivity index (χ1) is 8.90. The maximum Gasteiger partial charge on any atom is 0.326 e. The zero-order valence-electron chi connectivity index (χ0n) is 10.9. The standard InChI is InChI=1S/C12H20N2O5/c1-7-5-8(7)6-13-12(19)14-9(11(17)18)3-2-4-10(15)16/h7-9H,2-6H2,1H3,(H,15,16)(H,17,18)(H2,13,14,19)/t7?,8?,9-/m1/s1. The van der Waals surface area contributed by atoms with Crippen molar-refractivity contribution in [3.8, 4) is 0 Å².